The third-order valence-electron chi connectivity index (χ3n) is 5.29. The Bertz CT molecular complexity index is 533. The van der Waals surface area contributed by atoms with Gasteiger partial charge in [0.05, 0.1) is 12.5 Å². The lowest BCUT2D eigenvalue weighted by Gasteiger charge is -2.31. The molecule has 1 aromatic rings. The van der Waals surface area contributed by atoms with Crippen molar-refractivity contribution in [3.05, 3.63) is 35.4 Å². The molecule has 1 aromatic carbocycles. The summed E-state index contributed by atoms with van der Waals surface area (Å²) < 4.78 is 5.80. The highest BCUT2D eigenvalue weighted by Gasteiger charge is 2.30. The third kappa shape index (κ3) is 5.49. The predicted molar refractivity (Wildman–Crippen MR) is 105 cm³/mol. The van der Waals surface area contributed by atoms with Crippen LogP contribution in [0.5, 0.6) is 0 Å². The van der Waals surface area contributed by atoms with Crippen LogP contribution >= 0.6 is 11.8 Å². The molecule has 0 radical (unpaired) electrons. The zero-order valence-electron chi connectivity index (χ0n) is 15.4. The van der Waals surface area contributed by atoms with Crippen LogP contribution in [-0.2, 0) is 22.4 Å². The molecule has 2 atom stereocenters. The quantitative estimate of drug-likeness (QED) is 0.699. The van der Waals surface area contributed by atoms with Gasteiger partial charge in [-0.1, -0.05) is 37.6 Å². The third-order valence-corrected chi connectivity index (χ3v) is 6.43. The molecule has 0 aromatic heterocycles. The van der Waals surface area contributed by atoms with Crippen LogP contribution in [0.25, 0.3) is 0 Å². The van der Waals surface area contributed by atoms with Gasteiger partial charge in [-0.05, 0) is 49.0 Å². The highest BCUT2D eigenvalue weighted by Crippen LogP contribution is 2.25. The molecule has 2 fully saturated rings. The summed E-state index contributed by atoms with van der Waals surface area (Å²) in [6.45, 7) is 3.85. The Labute approximate surface area is 156 Å². The molecular weight excluding hydrogens is 330 g/mol. The molecule has 138 valence electrons. The summed E-state index contributed by atoms with van der Waals surface area (Å²) in [7, 11) is 0. The van der Waals surface area contributed by atoms with Gasteiger partial charge in [-0.3, -0.25) is 4.79 Å². The Morgan fingerprint density at radius 1 is 1.24 bits per heavy atom. The van der Waals surface area contributed by atoms with E-state index in [9.17, 15) is 4.79 Å². The molecule has 0 saturated carbocycles. The molecule has 2 aliphatic rings. The van der Waals surface area contributed by atoms with E-state index in [1.54, 1.807) is 0 Å². The number of nitrogens with zero attached hydrogens (tertiary/aromatic N) is 1. The minimum absolute atomic E-state index is 0.242. The lowest BCUT2D eigenvalue weighted by molar-refractivity contribution is -0.134. The Morgan fingerprint density at radius 3 is 2.68 bits per heavy atom. The average Bonchev–Trinajstić information content (AvgIpc) is 3.32. The Morgan fingerprint density at radius 2 is 2.04 bits per heavy atom. The molecule has 25 heavy (non-hydrogen) atoms. The molecule has 2 saturated heterocycles. The smallest absolute Gasteiger partial charge is 0.227 e. The van der Waals surface area contributed by atoms with Gasteiger partial charge in [-0.2, -0.15) is 11.8 Å². The average molecular weight is 362 g/mol. The highest BCUT2D eigenvalue weighted by atomic mass is 32.2. The van der Waals surface area contributed by atoms with E-state index in [4.69, 9.17) is 4.74 Å². The van der Waals surface area contributed by atoms with Crippen LogP contribution in [0.4, 0.5) is 0 Å². The molecule has 2 aliphatic heterocycles. The minimum atomic E-state index is 0.242. The summed E-state index contributed by atoms with van der Waals surface area (Å²) in [5.74, 6) is 2.52. The van der Waals surface area contributed by atoms with Gasteiger partial charge in [0.2, 0.25) is 5.91 Å². The fourth-order valence-electron chi connectivity index (χ4n) is 3.71. The molecular formula is C21H31NO2S. The molecule has 0 spiro atoms. The Kier molecular flexibility index (Phi) is 7.23. The number of carbonyl (C=O) groups excluding carboxylic acids is 1. The van der Waals surface area contributed by atoms with Gasteiger partial charge in [0, 0.05) is 24.9 Å². The number of carbonyl (C=O) groups is 1. The number of benzene rings is 1. The van der Waals surface area contributed by atoms with Gasteiger partial charge < -0.3 is 9.64 Å². The Balaban J connectivity index is 1.60. The number of hydrogen-bond donors (Lipinski definition) is 0. The second-order valence-electron chi connectivity index (χ2n) is 7.30. The van der Waals surface area contributed by atoms with Crippen LogP contribution < -0.4 is 0 Å². The van der Waals surface area contributed by atoms with Gasteiger partial charge in [0.15, 0.2) is 0 Å². The maximum atomic E-state index is 13.0. The van der Waals surface area contributed by atoms with Gasteiger partial charge in [0.1, 0.15) is 0 Å². The summed E-state index contributed by atoms with van der Waals surface area (Å²) in [5.41, 5.74) is 2.51. The van der Waals surface area contributed by atoms with Crippen LogP contribution in [0, 0.1) is 0 Å². The zero-order chi connectivity index (χ0) is 17.5. The maximum absolute atomic E-state index is 13.0. The summed E-state index contributed by atoms with van der Waals surface area (Å²) >= 11 is 1.97. The van der Waals surface area contributed by atoms with Crippen LogP contribution in [0.2, 0.25) is 0 Å². The predicted octanol–water partition coefficient (Wildman–Crippen LogP) is 4.08. The fraction of sp³-hybridized carbons (Fsp3) is 0.667. The van der Waals surface area contributed by atoms with E-state index in [1.165, 1.54) is 24.2 Å². The van der Waals surface area contributed by atoms with Crippen LogP contribution in [0.3, 0.4) is 0 Å². The van der Waals surface area contributed by atoms with Gasteiger partial charge in [0.25, 0.3) is 0 Å². The van der Waals surface area contributed by atoms with Crippen LogP contribution in [-0.4, -0.2) is 47.6 Å². The van der Waals surface area contributed by atoms with E-state index in [2.05, 4.69) is 36.1 Å². The number of aryl methyl sites for hydroxylation is 1. The lowest BCUT2D eigenvalue weighted by Crippen LogP contribution is -2.45. The number of ether oxygens (including phenoxy) is 1. The topological polar surface area (TPSA) is 29.5 Å². The maximum Gasteiger partial charge on any atom is 0.227 e. The van der Waals surface area contributed by atoms with E-state index >= 15 is 0 Å². The summed E-state index contributed by atoms with van der Waals surface area (Å²) in [6, 6.07) is 9.04. The number of amides is 1. The zero-order valence-corrected chi connectivity index (χ0v) is 16.2. The van der Waals surface area contributed by atoms with Gasteiger partial charge in [-0.25, -0.2) is 0 Å². The van der Waals surface area contributed by atoms with E-state index in [0.29, 0.717) is 12.5 Å². The number of hydrogen-bond acceptors (Lipinski definition) is 3. The van der Waals surface area contributed by atoms with E-state index < -0.39 is 0 Å². The number of rotatable bonds is 8. The molecule has 0 bridgehead atoms. The SMILES string of the molecule is CCCCc1ccc(CC(=O)N(CC2CCCO2)C2CCSC2)cc1. The first-order valence-corrected chi connectivity index (χ1v) is 11.0. The molecule has 2 heterocycles. The second-order valence-corrected chi connectivity index (χ2v) is 8.45. The second kappa shape index (κ2) is 9.63. The minimum Gasteiger partial charge on any atom is -0.376 e. The van der Waals surface area contributed by atoms with Crippen molar-refractivity contribution in [2.24, 2.45) is 0 Å². The lowest BCUT2D eigenvalue weighted by atomic mass is 10.0. The van der Waals surface area contributed by atoms with Crippen molar-refractivity contribution in [1.29, 1.82) is 0 Å². The molecule has 3 nitrogen and oxygen atoms in total. The van der Waals surface area contributed by atoms with E-state index in [0.717, 1.165) is 50.2 Å². The van der Waals surface area contributed by atoms with Crippen molar-refractivity contribution in [3.8, 4) is 0 Å². The summed E-state index contributed by atoms with van der Waals surface area (Å²) in [4.78, 5) is 15.1. The van der Waals surface area contributed by atoms with Crippen molar-refractivity contribution in [1.82, 2.24) is 4.90 Å². The monoisotopic (exact) mass is 361 g/mol. The molecule has 0 N–H and O–H groups in total. The number of unbranched alkanes of at least 4 members (excludes halogenated alkanes) is 1. The highest BCUT2D eigenvalue weighted by molar-refractivity contribution is 7.99. The molecule has 1 amide bonds. The van der Waals surface area contributed by atoms with Gasteiger partial charge >= 0.3 is 0 Å². The fourth-order valence-corrected chi connectivity index (χ4v) is 4.94. The summed E-state index contributed by atoms with van der Waals surface area (Å²) in [6.07, 6.45) is 7.69. The summed E-state index contributed by atoms with van der Waals surface area (Å²) in [5, 5.41) is 0. The van der Waals surface area contributed by atoms with E-state index in [1.807, 2.05) is 11.8 Å². The molecule has 3 rings (SSSR count). The standard InChI is InChI=1S/C21H31NO2S/c1-2-3-5-17-7-9-18(10-8-17)14-21(23)22(19-11-13-25-16-19)15-20-6-4-12-24-20/h7-10,19-20H,2-6,11-16H2,1H3. The van der Waals surface area contributed by atoms with E-state index in [-0.39, 0.29) is 12.0 Å². The van der Waals surface area contributed by atoms with Crippen molar-refractivity contribution < 1.29 is 9.53 Å². The van der Waals surface area contributed by atoms with Crippen molar-refractivity contribution in [3.63, 3.8) is 0 Å². The van der Waals surface area contributed by atoms with Crippen molar-refractivity contribution >= 4 is 17.7 Å². The first-order chi connectivity index (χ1) is 12.3. The largest absolute Gasteiger partial charge is 0.376 e. The number of thioether (sulfide) groups is 1. The first kappa shape index (κ1) is 18.8. The molecule has 2 unspecified atom stereocenters. The normalized spacial score (nSPS) is 23.1. The molecule has 4 heteroatoms. The van der Waals surface area contributed by atoms with Gasteiger partial charge in [-0.15, -0.1) is 0 Å². The van der Waals surface area contributed by atoms with Crippen molar-refractivity contribution in [2.45, 2.75) is 64.0 Å². The first-order valence-electron chi connectivity index (χ1n) is 9.83. The Hall–Kier alpha value is -1.00. The van der Waals surface area contributed by atoms with Crippen molar-refractivity contribution in [2.75, 3.05) is 24.7 Å². The van der Waals surface area contributed by atoms with Crippen LogP contribution in [0.1, 0.15) is 50.2 Å². The molecule has 0 aliphatic carbocycles. The van der Waals surface area contributed by atoms with Crippen LogP contribution in [0.15, 0.2) is 24.3 Å².